The number of carbonyl (C=O) groups excluding carboxylic acids is 1. The van der Waals surface area contributed by atoms with Gasteiger partial charge in [0, 0.05) is 12.5 Å². The smallest absolute Gasteiger partial charge is 0.161 e. The van der Waals surface area contributed by atoms with Crippen molar-refractivity contribution in [1.82, 2.24) is 0 Å². The zero-order valence-corrected chi connectivity index (χ0v) is 4.92. The van der Waals surface area contributed by atoms with Gasteiger partial charge in [-0.2, -0.15) is 0 Å². The highest BCUT2D eigenvalue weighted by Crippen LogP contribution is 2.05. The molecule has 0 fully saturated rings. The molecule has 0 saturated heterocycles. The van der Waals surface area contributed by atoms with E-state index in [0.717, 1.165) is 0 Å². The second-order valence-corrected chi connectivity index (χ2v) is 1.93. The predicted octanol–water partition coefficient (Wildman–Crippen LogP) is -0.356. The van der Waals surface area contributed by atoms with Crippen molar-refractivity contribution in [3.63, 3.8) is 0 Å². The van der Waals surface area contributed by atoms with Crippen molar-refractivity contribution >= 4 is 5.78 Å². The van der Waals surface area contributed by atoms with Crippen LogP contribution in [0, 0.1) is 0 Å². The van der Waals surface area contributed by atoms with Crippen LogP contribution in [-0.4, -0.2) is 5.78 Å². The normalized spacial score (nSPS) is 18.9. The number of allylic oxidation sites excluding steroid dienone is 2. The molecule has 0 unspecified atom stereocenters. The second-order valence-electron chi connectivity index (χ2n) is 1.93. The fourth-order valence-electron chi connectivity index (χ4n) is 0.644. The third-order valence-electron chi connectivity index (χ3n) is 1.17. The maximum atomic E-state index is 10.6. The van der Waals surface area contributed by atoms with Gasteiger partial charge in [-0.3, -0.25) is 4.79 Å². The van der Waals surface area contributed by atoms with Crippen LogP contribution >= 0.6 is 0 Å². The minimum atomic E-state index is 0.0155. The molecule has 9 heavy (non-hydrogen) atoms. The molecule has 1 aliphatic carbocycles. The average Bonchev–Trinajstić information content (AvgIpc) is 1.80. The summed E-state index contributed by atoms with van der Waals surface area (Å²) in [7, 11) is 0. The molecule has 0 aromatic rings. The Morgan fingerprint density at radius 2 is 2.00 bits per heavy atom. The van der Waals surface area contributed by atoms with Crippen molar-refractivity contribution in [3.8, 4) is 0 Å². The average molecular weight is 124 g/mol. The van der Waals surface area contributed by atoms with Crippen LogP contribution in [0.25, 0.3) is 0 Å². The molecular weight excluding hydrogens is 116 g/mol. The van der Waals surface area contributed by atoms with Crippen molar-refractivity contribution in [2.24, 2.45) is 11.5 Å². The summed E-state index contributed by atoms with van der Waals surface area (Å²) in [4.78, 5) is 10.6. The third-order valence-corrected chi connectivity index (χ3v) is 1.17. The summed E-state index contributed by atoms with van der Waals surface area (Å²) in [6, 6.07) is 0. The molecule has 3 heteroatoms. The van der Waals surface area contributed by atoms with Gasteiger partial charge < -0.3 is 11.5 Å². The quantitative estimate of drug-likeness (QED) is 0.463. The van der Waals surface area contributed by atoms with Gasteiger partial charge in [0.1, 0.15) is 0 Å². The number of nitrogens with two attached hydrogens (primary N) is 2. The number of carbonyl (C=O) groups is 1. The van der Waals surface area contributed by atoms with E-state index < -0.39 is 0 Å². The van der Waals surface area contributed by atoms with E-state index in [1.54, 1.807) is 6.08 Å². The lowest BCUT2D eigenvalue weighted by molar-refractivity contribution is -0.114. The Hall–Kier alpha value is -1.25. The Labute approximate surface area is 53.0 Å². The van der Waals surface area contributed by atoms with Crippen LogP contribution in [-0.2, 0) is 4.79 Å². The van der Waals surface area contributed by atoms with Crippen molar-refractivity contribution in [3.05, 3.63) is 23.5 Å². The zero-order chi connectivity index (χ0) is 6.85. The van der Waals surface area contributed by atoms with Gasteiger partial charge in [-0.05, 0) is 0 Å². The molecule has 0 aliphatic heterocycles. The molecule has 3 nitrogen and oxygen atoms in total. The van der Waals surface area contributed by atoms with Gasteiger partial charge in [-0.1, -0.05) is 6.08 Å². The molecule has 0 atom stereocenters. The lowest BCUT2D eigenvalue weighted by Gasteiger charge is -2.04. The SMILES string of the molecule is NC1=CCC(=O)C=C1N. The summed E-state index contributed by atoms with van der Waals surface area (Å²) in [6.45, 7) is 0. The van der Waals surface area contributed by atoms with Gasteiger partial charge in [-0.15, -0.1) is 0 Å². The lowest BCUT2D eigenvalue weighted by atomic mass is 10.1. The summed E-state index contributed by atoms with van der Waals surface area (Å²) in [6.07, 6.45) is 3.36. The maximum Gasteiger partial charge on any atom is 0.161 e. The number of hydrogen-bond donors (Lipinski definition) is 2. The Kier molecular flexibility index (Phi) is 1.26. The van der Waals surface area contributed by atoms with Crippen LogP contribution in [0.2, 0.25) is 0 Å². The lowest BCUT2D eigenvalue weighted by Crippen LogP contribution is -2.15. The molecule has 0 saturated carbocycles. The number of rotatable bonds is 0. The molecule has 0 amide bonds. The van der Waals surface area contributed by atoms with Crippen molar-refractivity contribution in [2.75, 3.05) is 0 Å². The Morgan fingerprint density at radius 1 is 1.33 bits per heavy atom. The molecule has 0 aromatic carbocycles. The van der Waals surface area contributed by atoms with Crippen molar-refractivity contribution < 1.29 is 4.79 Å². The maximum absolute atomic E-state index is 10.6. The van der Waals surface area contributed by atoms with Crippen LogP contribution in [0.5, 0.6) is 0 Å². The molecule has 48 valence electrons. The summed E-state index contributed by atoms with van der Waals surface area (Å²) in [5.74, 6) is 0.0155. The van der Waals surface area contributed by atoms with Crippen LogP contribution in [0.4, 0.5) is 0 Å². The van der Waals surface area contributed by atoms with Gasteiger partial charge in [0.05, 0.1) is 11.4 Å². The van der Waals surface area contributed by atoms with Crippen LogP contribution < -0.4 is 11.5 Å². The van der Waals surface area contributed by atoms with Crippen LogP contribution in [0.15, 0.2) is 23.5 Å². The van der Waals surface area contributed by atoms with Gasteiger partial charge in [0.2, 0.25) is 0 Å². The number of ketones is 1. The first kappa shape index (κ1) is 5.88. The predicted molar refractivity (Wildman–Crippen MR) is 34.2 cm³/mol. The van der Waals surface area contributed by atoms with E-state index in [2.05, 4.69) is 0 Å². The molecular formula is C6H8N2O. The van der Waals surface area contributed by atoms with E-state index in [1.807, 2.05) is 0 Å². The van der Waals surface area contributed by atoms with Crippen LogP contribution in [0.3, 0.4) is 0 Å². The summed E-state index contributed by atoms with van der Waals surface area (Å²) >= 11 is 0. The fraction of sp³-hybridized carbons (Fsp3) is 0.167. The van der Waals surface area contributed by atoms with E-state index in [9.17, 15) is 4.79 Å². The number of hydrogen-bond acceptors (Lipinski definition) is 3. The first-order chi connectivity index (χ1) is 4.20. The fourth-order valence-corrected chi connectivity index (χ4v) is 0.644. The molecule has 4 N–H and O–H groups in total. The van der Waals surface area contributed by atoms with Gasteiger partial charge in [-0.25, -0.2) is 0 Å². The van der Waals surface area contributed by atoms with E-state index in [4.69, 9.17) is 11.5 Å². The molecule has 1 rings (SSSR count). The molecule has 0 heterocycles. The van der Waals surface area contributed by atoms with Crippen LogP contribution in [0.1, 0.15) is 6.42 Å². The highest BCUT2D eigenvalue weighted by Gasteiger charge is 2.05. The zero-order valence-electron chi connectivity index (χ0n) is 4.92. The van der Waals surface area contributed by atoms with E-state index in [-0.39, 0.29) is 5.78 Å². The first-order valence-electron chi connectivity index (χ1n) is 2.66. The standard InChI is InChI=1S/C6H8N2O/c7-5-2-1-4(9)3-6(5)8/h2-3H,1,7-8H2. The largest absolute Gasteiger partial charge is 0.397 e. The van der Waals surface area contributed by atoms with E-state index in [1.165, 1.54) is 6.08 Å². The third kappa shape index (κ3) is 1.10. The monoisotopic (exact) mass is 124 g/mol. The van der Waals surface area contributed by atoms with Gasteiger partial charge in [0.25, 0.3) is 0 Å². The summed E-state index contributed by atoms with van der Waals surface area (Å²) in [5.41, 5.74) is 11.6. The van der Waals surface area contributed by atoms with E-state index >= 15 is 0 Å². The van der Waals surface area contributed by atoms with Crippen molar-refractivity contribution in [2.45, 2.75) is 6.42 Å². The summed E-state index contributed by atoms with van der Waals surface area (Å²) < 4.78 is 0. The molecule has 0 radical (unpaired) electrons. The first-order valence-corrected chi connectivity index (χ1v) is 2.66. The Morgan fingerprint density at radius 3 is 2.44 bits per heavy atom. The molecule has 0 bridgehead atoms. The highest BCUT2D eigenvalue weighted by atomic mass is 16.1. The van der Waals surface area contributed by atoms with E-state index in [0.29, 0.717) is 17.8 Å². The van der Waals surface area contributed by atoms with Crippen molar-refractivity contribution in [1.29, 1.82) is 0 Å². The molecule has 1 aliphatic rings. The summed E-state index contributed by atoms with van der Waals surface area (Å²) in [5, 5.41) is 0. The second kappa shape index (κ2) is 1.93. The minimum absolute atomic E-state index is 0.0155. The van der Waals surface area contributed by atoms with Gasteiger partial charge >= 0.3 is 0 Å². The molecule has 0 aromatic heterocycles. The Balaban J connectivity index is 2.87. The Bertz CT molecular complexity index is 203. The topological polar surface area (TPSA) is 69.1 Å². The molecule has 0 spiro atoms. The minimum Gasteiger partial charge on any atom is -0.397 e. The highest BCUT2D eigenvalue weighted by molar-refractivity contribution is 5.93. The van der Waals surface area contributed by atoms with Gasteiger partial charge in [0.15, 0.2) is 5.78 Å².